The number of anilines is 2. The van der Waals surface area contributed by atoms with E-state index in [1.54, 1.807) is 18.2 Å². The Morgan fingerprint density at radius 3 is 3.05 bits per heavy atom. The van der Waals surface area contributed by atoms with Gasteiger partial charge in [-0.2, -0.15) is 0 Å². The average molecular weight is 311 g/mol. The van der Waals surface area contributed by atoms with Crippen molar-refractivity contribution >= 4 is 34.8 Å². The third kappa shape index (κ3) is 3.86. The van der Waals surface area contributed by atoms with Crippen molar-refractivity contribution < 1.29 is 9.59 Å². The minimum absolute atomic E-state index is 0.0291. The second-order valence-electron chi connectivity index (χ2n) is 4.97. The molecule has 1 unspecified atom stereocenters. The molecule has 0 radical (unpaired) electrons. The largest absolute Gasteiger partial charge is 0.399 e. The Labute approximate surface area is 128 Å². The number of nitrogens with zero attached hydrogens (tertiary/aromatic N) is 1. The van der Waals surface area contributed by atoms with Crippen molar-refractivity contribution in [1.29, 1.82) is 0 Å². The third-order valence-electron chi connectivity index (χ3n) is 3.44. The predicted molar refractivity (Wildman–Crippen MR) is 83.2 cm³/mol. The summed E-state index contributed by atoms with van der Waals surface area (Å²) in [7, 11) is 0. The molecule has 1 aromatic rings. The Hall–Kier alpha value is -1.79. The van der Waals surface area contributed by atoms with Gasteiger partial charge in [0.1, 0.15) is 0 Å². The van der Waals surface area contributed by atoms with Crippen molar-refractivity contribution in [3.63, 3.8) is 0 Å². The fourth-order valence-corrected chi connectivity index (χ4v) is 2.57. The number of rotatable bonds is 4. The molecular weight excluding hydrogens is 292 g/mol. The minimum atomic E-state index is -0.263. The van der Waals surface area contributed by atoms with Crippen LogP contribution in [0.1, 0.15) is 13.3 Å². The second kappa shape index (κ2) is 6.78. The van der Waals surface area contributed by atoms with Crippen molar-refractivity contribution in [2.24, 2.45) is 0 Å². The molecule has 0 spiro atoms. The van der Waals surface area contributed by atoms with Crippen LogP contribution in [0.4, 0.5) is 11.4 Å². The van der Waals surface area contributed by atoms with Crippen molar-refractivity contribution in [2.75, 3.05) is 30.7 Å². The van der Waals surface area contributed by atoms with Crippen molar-refractivity contribution in [1.82, 2.24) is 10.2 Å². The zero-order chi connectivity index (χ0) is 15.4. The van der Waals surface area contributed by atoms with Gasteiger partial charge in [0, 0.05) is 18.8 Å². The summed E-state index contributed by atoms with van der Waals surface area (Å²) in [4.78, 5) is 25.8. The van der Waals surface area contributed by atoms with E-state index < -0.39 is 0 Å². The summed E-state index contributed by atoms with van der Waals surface area (Å²) >= 11 is 6.01. The maximum atomic E-state index is 12.1. The van der Waals surface area contributed by atoms with Crippen LogP contribution in [0.15, 0.2) is 18.2 Å². The minimum Gasteiger partial charge on any atom is -0.399 e. The van der Waals surface area contributed by atoms with Crippen LogP contribution in [0, 0.1) is 0 Å². The molecule has 21 heavy (non-hydrogen) atoms. The van der Waals surface area contributed by atoms with Gasteiger partial charge in [-0.1, -0.05) is 18.5 Å². The number of carbonyl (C=O) groups excluding carboxylic acids is 2. The molecule has 114 valence electrons. The van der Waals surface area contributed by atoms with Gasteiger partial charge in [0.2, 0.25) is 11.8 Å². The van der Waals surface area contributed by atoms with Gasteiger partial charge >= 0.3 is 0 Å². The lowest BCUT2D eigenvalue weighted by Gasteiger charge is -2.33. The van der Waals surface area contributed by atoms with Gasteiger partial charge in [0.05, 0.1) is 23.3 Å². The molecule has 1 fully saturated rings. The second-order valence-corrected chi connectivity index (χ2v) is 5.38. The lowest BCUT2D eigenvalue weighted by molar-refractivity contribution is -0.130. The number of carbonyl (C=O) groups is 2. The first-order chi connectivity index (χ1) is 10.0. The van der Waals surface area contributed by atoms with Crippen molar-refractivity contribution in [3.8, 4) is 0 Å². The molecule has 1 saturated heterocycles. The van der Waals surface area contributed by atoms with Crippen LogP contribution in [0.2, 0.25) is 5.02 Å². The molecule has 0 aromatic heterocycles. The maximum absolute atomic E-state index is 12.1. The van der Waals surface area contributed by atoms with Crippen LogP contribution in [0.25, 0.3) is 0 Å². The highest BCUT2D eigenvalue weighted by atomic mass is 35.5. The van der Waals surface area contributed by atoms with Crippen LogP contribution < -0.4 is 16.4 Å². The van der Waals surface area contributed by atoms with Gasteiger partial charge in [0.25, 0.3) is 0 Å². The van der Waals surface area contributed by atoms with Gasteiger partial charge in [-0.25, -0.2) is 0 Å². The highest BCUT2D eigenvalue weighted by Crippen LogP contribution is 2.24. The zero-order valence-electron chi connectivity index (χ0n) is 11.9. The highest BCUT2D eigenvalue weighted by molar-refractivity contribution is 6.33. The number of hydrogen-bond donors (Lipinski definition) is 3. The number of piperazine rings is 1. The monoisotopic (exact) mass is 310 g/mol. The van der Waals surface area contributed by atoms with Gasteiger partial charge in [-0.3, -0.25) is 14.5 Å². The maximum Gasteiger partial charge on any atom is 0.238 e. The number of benzene rings is 1. The number of hydrogen-bond acceptors (Lipinski definition) is 4. The molecule has 6 nitrogen and oxygen atoms in total. The summed E-state index contributed by atoms with van der Waals surface area (Å²) in [5.74, 6) is -0.241. The van der Waals surface area contributed by atoms with Gasteiger partial charge < -0.3 is 16.4 Å². The summed E-state index contributed by atoms with van der Waals surface area (Å²) < 4.78 is 0. The Bertz CT molecular complexity index is 550. The van der Waals surface area contributed by atoms with Gasteiger partial charge in [-0.15, -0.1) is 0 Å². The quantitative estimate of drug-likeness (QED) is 0.726. The summed E-state index contributed by atoms with van der Waals surface area (Å²) in [5, 5.41) is 5.97. The molecule has 7 heteroatoms. The van der Waals surface area contributed by atoms with E-state index in [0.717, 1.165) is 0 Å². The summed E-state index contributed by atoms with van der Waals surface area (Å²) in [5.41, 5.74) is 6.68. The fourth-order valence-electron chi connectivity index (χ4n) is 2.41. The lowest BCUT2D eigenvalue weighted by atomic mass is 10.1. The molecule has 0 saturated carbocycles. The molecule has 4 N–H and O–H groups in total. The van der Waals surface area contributed by atoms with Crippen molar-refractivity contribution in [2.45, 2.75) is 19.4 Å². The number of halogens is 1. The van der Waals surface area contributed by atoms with Crippen LogP contribution in [-0.4, -0.2) is 42.4 Å². The molecule has 2 amide bonds. The van der Waals surface area contributed by atoms with E-state index in [4.69, 9.17) is 17.3 Å². The topological polar surface area (TPSA) is 87.5 Å². The Balaban J connectivity index is 2.00. The van der Waals surface area contributed by atoms with Crippen LogP contribution >= 0.6 is 11.6 Å². The molecule has 2 rings (SSSR count). The summed E-state index contributed by atoms with van der Waals surface area (Å²) in [6.45, 7) is 3.29. The SMILES string of the molecule is CCC1C(=O)NCCN1CC(=O)Nc1cc(N)ccc1Cl. The van der Waals surface area contributed by atoms with E-state index in [0.29, 0.717) is 35.9 Å². The highest BCUT2D eigenvalue weighted by Gasteiger charge is 2.29. The van der Waals surface area contributed by atoms with E-state index in [-0.39, 0.29) is 24.4 Å². The van der Waals surface area contributed by atoms with Crippen LogP contribution in [-0.2, 0) is 9.59 Å². The Kier molecular flexibility index (Phi) is 5.03. The smallest absolute Gasteiger partial charge is 0.238 e. The van der Waals surface area contributed by atoms with E-state index in [1.807, 2.05) is 11.8 Å². The fraction of sp³-hybridized carbons (Fsp3) is 0.429. The van der Waals surface area contributed by atoms with E-state index in [9.17, 15) is 9.59 Å². The summed E-state index contributed by atoms with van der Waals surface area (Å²) in [6.07, 6.45) is 0.665. The van der Waals surface area contributed by atoms with E-state index in [2.05, 4.69) is 10.6 Å². The molecule has 1 aromatic carbocycles. The number of amides is 2. The first-order valence-corrected chi connectivity index (χ1v) is 7.25. The molecule has 0 aliphatic carbocycles. The Morgan fingerprint density at radius 2 is 2.33 bits per heavy atom. The third-order valence-corrected chi connectivity index (χ3v) is 3.77. The van der Waals surface area contributed by atoms with Crippen LogP contribution in [0.3, 0.4) is 0 Å². The summed E-state index contributed by atoms with van der Waals surface area (Å²) in [6, 6.07) is 4.65. The molecule has 1 atom stereocenters. The predicted octanol–water partition coefficient (Wildman–Crippen LogP) is 1.07. The molecule has 1 aliphatic rings. The van der Waals surface area contributed by atoms with E-state index >= 15 is 0 Å². The molecule has 1 aliphatic heterocycles. The number of nitrogens with two attached hydrogens (primary N) is 1. The van der Waals surface area contributed by atoms with Crippen LogP contribution in [0.5, 0.6) is 0 Å². The standard InChI is InChI=1S/C14H19ClN4O2/c1-2-12-14(21)17-5-6-19(12)8-13(20)18-11-7-9(16)3-4-10(11)15/h3-4,7,12H,2,5-6,8,16H2,1H3,(H,17,21)(H,18,20). The first kappa shape index (κ1) is 15.6. The van der Waals surface area contributed by atoms with E-state index in [1.165, 1.54) is 0 Å². The average Bonchev–Trinajstić information content (AvgIpc) is 2.43. The molecule has 1 heterocycles. The first-order valence-electron chi connectivity index (χ1n) is 6.88. The lowest BCUT2D eigenvalue weighted by Crippen LogP contribution is -2.56. The van der Waals surface area contributed by atoms with Crippen molar-refractivity contribution in [3.05, 3.63) is 23.2 Å². The van der Waals surface area contributed by atoms with Gasteiger partial charge in [0.15, 0.2) is 0 Å². The molecule has 0 bridgehead atoms. The molecular formula is C14H19ClN4O2. The van der Waals surface area contributed by atoms with Gasteiger partial charge in [-0.05, 0) is 24.6 Å². The number of nitrogens with one attached hydrogen (secondary N) is 2. The zero-order valence-corrected chi connectivity index (χ0v) is 12.6. The normalized spacial score (nSPS) is 19.1. The number of nitrogen functional groups attached to an aromatic ring is 1. The Morgan fingerprint density at radius 1 is 1.57 bits per heavy atom.